The molecule has 6 rings (SSSR count). The van der Waals surface area contributed by atoms with Crippen LogP contribution in [-0.2, 0) is 0 Å². The zero-order chi connectivity index (χ0) is 23.8. The smallest absolute Gasteiger partial charge is 0.259 e. The first kappa shape index (κ1) is 20.4. The molecule has 7 heteroatoms. The van der Waals surface area contributed by atoms with Crippen LogP contribution in [-0.4, -0.2) is 19.7 Å². The van der Waals surface area contributed by atoms with E-state index in [1.807, 2.05) is 66.9 Å². The summed E-state index contributed by atoms with van der Waals surface area (Å²) in [5.74, 6) is 0.767. The van der Waals surface area contributed by atoms with E-state index in [-0.39, 0.29) is 17.0 Å². The molecular formula is C28H17N5O2. The van der Waals surface area contributed by atoms with Gasteiger partial charge in [0.25, 0.3) is 5.56 Å². The number of nitriles is 1. The molecule has 0 aliphatic carbocycles. The number of furan rings is 1. The van der Waals surface area contributed by atoms with E-state index in [1.165, 1.54) is 0 Å². The van der Waals surface area contributed by atoms with E-state index in [9.17, 15) is 10.1 Å². The zero-order valence-corrected chi connectivity index (χ0v) is 18.3. The van der Waals surface area contributed by atoms with Gasteiger partial charge in [0.1, 0.15) is 17.3 Å². The molecule has 0 bridgehead atoms. The Morgan fingerprint density at radius 2 is 1.77 bits per heavy atom. The Hall–Kier alpha value is -5.22. The van der Waals surface area contributed by atoms with Crippen LogP contribution in [0.15, 0.2) is 100 Å². The number of H-pyrrole nitrogens is 1. The second kappa shape index (κ2) is 8.28. The predicted octanol–water partition coefficient (Wildman–Crippen LogP) is 5.59. The Kier molecular flexibility index (Phi) is 4.83. The van der Waals surface area contributed by atoms with Crippen molar-refractivity contribution in [2.24, 2.45) is 0 Å². The summed E-state index contributed by atoms with van der Waals surface area (Å²) in [7, 11) is 0. The molecule has 3 aromatic heterocycles. The van der Waals surface area contributed by atoms with Gasteiger partial charge in [0.2, 0.25) is 0 Å². The molecule has 0 saturated heterocycles. The van der Waals surface area contributed by atoms with Crippen molar-refractivity contribution in [2.45, 2.75) is 0 Å². The quantitative estimate of drug-likeness (QED) is 0.350. The third-order valence-corrected chi connectivity index (χ3v) is 5.71. The molecule has 7 nitrogen and oxygen atoms in total. The minimum Gasteiger partial charge on any atom is -0.454 e. The number of fused-ring (bicyclic) bond motifs is 2. The van der Waals surface area contributed by atoms with Crippen molar-refractivity contribution in [1.29, 1.82) is 5.26 Å². The molecule has 1 N–H and O–H groups in total. The van der Waals surface area contributed by atoms with Crippen LogP contribution in [0, 0.1) is 11.3 Å². The number of nitrogens with one attached hydrogen (secondary N) is 1. The molecule has 0 fully saturated rings. The highest BCUT2D eigenvalue weighted by molar-refractivity contribution is 5.92. The first-order chi connectivity index (χ1) is 17.2. The summed E-state index contributed by atoms with van der Waals surface area (Å²) >= 11 is 0. The van der Waals surface area contributed by atoms with E-state index in [0.29, 0.717) is 27.9 Å². The largest absolute Gasteiger partial charge is 0.454 e. The maximum absolute atomic E-state index is 12.6. The Morgan fingerprint density at radius 1 is 1.00 bits per heavy atom. The lowest BCUT2D eigenvalue weighted by molar-refractivity contribution is 0.627. The predicted molar refractivity (Wildman–Crippen MR) is 135 cm³/mol. The van der Waals surface area contributed by atoms with E-state index in [4.69, 9.17) is 9.52 Å². The highest BCUT2D eigenvalue weighted by Crippen LogP contribution is 2.31. The van der Waals surface area contributed by atoms with Gasteiger partial charge in [-0.15, -0.1) is 0 Å². The Morgan fingerprint density at radius 3 is 2.60 bits per heavy atom. The topological polar surface area (TPSA) is 100 Å². The van der Waals surface area contributed by atoms with Crippen molar-refractivity contribution in [3.05, 3.63) is 113 Å². The molecule has 0 aliphatic heterocycles. The molecule has 0 atom stereocenters. The van der Waals surface area contributed by atoms with Crippen LogP contribution in [0.2, 0.25) is 0 Å². The van der Waals surface area contributed by atoms with Gasteiger partial charge in [-0.3, -0.25) is 4.79 Å². The molecule has 0 aliphatic rings. The van der Waals surface area contributed by atoms with Crippen LogP contribution in [0.1, 0.15) is 11.4 Å². The second-order valence-electron chi connectivity index (χ2n) is 7.96. The number of aromatic amines is 1. The molecule has 3 aromatic carbocycles. The summed E-state index contributed by atoms with van der Waals surface area (Å²) in [5.41, 5.74) is 3.25. The van der Waals surface area contributed by atoms with Crippen molar-refractivity contribution in [3.8, 4) is 23.2 Å². The SMILES string of the molecule is N#C/C(=C/c1cn(-c2ccccc2)nc1-c1cc2ccccc2o1)c1nc2ccccc2c(=O)[nH]1. The van der Waals surface area contributed by atoms with E-state index in [1.54, 1.807) is 35.0 Å². The minimum atomic E-state index is -0.302. The van der Waals surface area contributed by atoms with Gasteiger partial charge in [-0.25, -0.2) is 9.67 Å². The summed E-state index contributed by atoms with van der Waals surface area (Å²) in [6.45, 7) is 0. The van der Waals surface area contributed by atoms with E-state index >= 15 is 0 Å². The van der Waals surface area contributed by atoms with Gasteiger partial charge in [-0.1, -0.05) is 48.5 Å². The number of rotatable bonds is 4. The molecule has 0 unspecified atom stereocenters. The molecule has 0 saturated carbocycles. The number of aromatic nitrogens is 4. The number of nitrogens with zero attached hydrogens (tertiary/aromatic N) is 4. The zero-order valence-electron chi connectivity index (χ0n) is 18.3. The van der Waals surface area contributed by atoms with Crippen LogP contribution in [0.25, 0.3) is 50.7 Å². The summed E-state index contributed by atoms with van der Waals surface area (Å²) in [4.78, 5) is 19.8. The lowest BCUT2D eigenvalue weighted by Crippen LogP contribution is -2.11. The summed E-state index contributed by atoms with van der Waals surface area (Å²) in [6, 6.07) is 28.5. The maximum Gasteiger partial charge on any atom is 0.259 e. The van der Waals surface area contributed by atoms with Crippen LogP contribution in [0.4, 0.5) is 0 Å². The van der Waals surface area contributed by atoms with E-state index in [0.717, 1.165) is 16.7 Å². The molecule has 35 heavy (non-hydrogen) atoms. The Balaban J connectivity index is 1.54. The molecular weight excluding hydrogens is 438 g/mol. The lowest BCUT2D eigenvalue weighted by atomic mass is 10.1. The van der Waals surface area contributed by atoms with Crippen molar-refractivity contribution in [2.75, 3.05) is 0 Å². The number of benzene rings is 3. The van der Waals surface area contributed by atoms with E-state index in [2.05, 4.69) is 16.0 Å². The molecule has 0 amide bonds. The third-order valence-electron chi connectivity index (χ3n) is 5.71. The van der Waals surface area contributed by atoms with Crippen LogP contribution in [0.5, 0.6) is 0 Å². The number of hydrogen-bond acceptors (Lipinski definition) is 5. The minimum absolute atomic E-state index is 0.194. The molecule has 166 valence electrons. The summed E-state index contributed by atoms with van der Waals surface area (Å²) < 4.78 is 7.82. The third kappa shape index (κ3) is 3.69. The van der Waals surface area contributed by atoms with Gasteiger partial charge in [0.15, 0.2) is 11.6 Å². The summed E-state index contributed by atoms with van der Waals surface area (Å²) in [5, 5.41) is 16.2. The fourth-order valence-corrected chi connectivity index (χ4v) is 4.02. The summed E-state index contributed by atoms with van der Waals surface area (Å²) in [6.07, 6.45) is 3.50. The van der Waals surface area contributed by atoms with Crippen LogP contribution < -0.4 is 5.56 Å². The molecule has 0 spiro atoms. The maximum atomic E-state index is 12.6. The number of allylic oxidation sites excluding steroid dienone is 1. The van der Waals surface area contributed by atoms with Gasteiger partial charge in [0, 0.05) is 17.1 Å². The fraction of sp³-hybridized carbons (Fsp3) is 0. The fourth-order valence-electron chi connectivity index (χ4n) is 4.02. The average molecular weight is 455 g/mol. The van der Waals surface area contributed by atoms with Crippen LogP contribution >= 0.6 is 0 Å². The van der Waals surface area contributed by atoms with Gasteiger partial charge in [0.05, 0.1) is 22.2 Å². The van der Waals surface area contributed by atoms with Crippen molar-refractivity contribution in [1.82, 2.24) is 19.7 Å². The highest BCUT2D eigenvalue weighted by Gasteiger charge is 2.17. The number of hydrogen-bond donors (Lipinski definition) is 1. The molecule has 6 aromatic rings. The normalized spacial score (nSPS) is 11.7. The standard InChI is InChI=1S/C28H17N5O2/c29-16-19(27-30-23-12-6-5-11-22(23)28(34)31-27)14-20-17-33(21-9-2-1-3-10-21)32-26(20)25-15-18-8-4-7-13-24(18)35-25/h1-15,17H,(H,30,31,34)/b19-14-. The van der Waals surface area contributed by atoms with Gasteiger partial charge < -0.3 is 9.40 Å². The van der Waals surface area contributed by atoms with Crippen LogP contribution in [0.3, 0.4) is 0 Å². The monoisotopic (exact) mass is 455 g/mol. The first-order valence-corrected chi connectivity index (χ1v) is 10.9. The van der Waals surface area contributed by atoms with Gasteiger partial charge >= 0.3 is 0 Å². The van der Waals surface area contributed by atoms with Gasteiger partial charge in [-0.2, -0.15) is 10.4 Å². The molecule has 0 radical (unpaired) electrons. The molecule has 3 heterocycles. The Bertz CT molecular complexity index is 1800. The lowest BCUT2D eigenvalue weighted by Gasteiger charge is -2.02. The van der Waals surface area contributed by atoms with Crippen molar-refractivity contribution in [3.63, 3.8) is 0 Å². The first-order valence-electron chi connectivity index (χ1n) is 10.9. The second-order valence-corrected chi connectivity index (χ2v) is 7.96. The highest BCUT2D eigenvalue weighted by atomic mass is 16.3. The van der Waals surface area contributed by atoms with E-state index < -0.39 is 0 Å². The van der Waals surface area contributed by atoms with Crippen molar-refractivity contribution < 1.29 is 4.42 Å². The Labute approximate surface area is 199 Å². The van der Waals surface area contributed by atoms with Gasteiger partial charge in [-0.05, 0) is 42.5 Å². The number of para-hydroxylation sites is 3. The average Bonchev–Trinajstić information content (AvgIpc) is 3.52. The van der Waals surface area contributed by atoms with Crippen molar-refractivity contribution >= 4 is 33.5 Å².